The first kappa shape index (κ1) is 14.4. The summed E-state index contributed by atoms with van der Waals surface area (Å²) >= 11 is 0. The highest BCUT2D eigenvalue weighted by molar-refractivity contribution is 5.64. The van der Waals surface area contributed by atoms with Gasteiger partial charge >= 0.3 is 0 Å². The average Bonchev–Trinajstić information content (AvgIpc) is 2.32. The third-order valence-corrected chi connectivity index (χ3v) is 3.10. The molecule has 0 aliphatic rings. The Morgan fingerprint density at radius 3 is 2.10 bits per heavy atom. The van der Waals surface area contributed by atoms with Crippen LogP contribution >= 0.6 is 0 Å². The lowest BCUT2D eigenvalue weighted by Gasteiger charge is -2.16. The molecule has 0 fully saturated rings. The first-order valence-electron chi connectivity index (χ1n) is 6.86. The minimum absolute atomic E-state index is 0.0223. The average molecular weight is 271 g/mol. The van der Waals surface area contributed by atoms with E-state index in [4.69, 9.17) is 4.74 Å². The van der Waals surface area contributed by atoms with E-state index >= 15 is 0 Å². The summed E-state index contributed by atoms with van der Waals surface area (Å²) in [6.45, 7) is 9.99. The van der Waals surface area contributed by atoms with Crippen LogP contribution in [0.5, 0.6) is 5.75 Å². The normalized spacial score (nSPS) is 10.9. The number of ether oxygens (including phenoxy) is 1. The predicted molar refractivity (Wildman–Crippen MR) is 82.5 cm³/mol. The molecule has 3 nitrogen and oxygen atoms in total. The summed E-state index contributed by atoms with van der Waals surface area (Å²) in [6.07, 6.45) is 0.150. The van der Waals surface area contributed by atoms with Crippen molar-refractivity contribution in [2.45, 2.75) is 40.7 Å². The number of aryl methyl sites for hydroxylation is 3. The molecule has 0 bridgehead atoms. The number of nitrogens with one attached hydrogen (secondary N) is 1. The minimum Gasteiger partial charge on any atom is -0.490 e. The quantitative estimate of drug-likeness (QED) is 0.923. The second kappa shape index (κ2) is 5.53. The molecule has 1 N–H and O–H groups in total. The molecule has 3 heteroatoms. The molecule has 2 aromatic rings. The highest BCUT2D eigenvalue weighted by Crippen LogP contribution is 2.29. The molecule has 20 heavy (non-hydrogen) atoms. The molecule has 0 radical (unpaired) electrons. The summed E-state index contributed by atoms with van der Waals surface area (Å²) in [5, 5.41) is 0. The van der Waals surface area contributed by atoms with Crippen LogP contribution in [0.4, 0.5) is 0 Å². The van der Waals surface area contributed by atoms with Gasteiger partial charge in [0.1, 0.15) is 5.75 Å². The van der Waals surface area contributed by atoms with Gasteiger partial charge in [0.2, 0.25) is 0 Å². The molecule has 2 rings (SSSR count). The maximum atomic E-state index is 11.6. The van der Waals surface area contributed by atoms with Gasteiger partial charge in [-0.3, -0.25) is 4.79 Å². The number of H-pyrrole nitrogens is 1. The molecule has 0 spiro atoms. The standard InChI is InChI=1S/C17H21NO2/c1-10(2)20-17-11(3)6-14(7-12(17)4)16-9-15(19)8-13(5)18-16/h6-10H,1-5H3,(H,18,19). The number of pyridine rings is 1. The van der Waals surface area contributed by atoms with Crippen molar-refractivity contribution in [1.29, 1.82) is 0 Å². The Morgan fingerprint density at radius 1 is 1.00 bits per heavy atom. The van der Waals surface area contributed by atoms with Gasteiger partial charge in [-0.25, -0.2) is 0 Å². The van der Waals surface area contributed by atoms with Gasteiger partial charge in [-0.2, -0.15) is 0 Å². The van der Waals surface area contributed by atoms with Gasteiger partial charge in [-0.1, -0.05) is 0 Å². The number of rotatable bonds is 3. The molecule has 0 atom stereocenters. The predicted octanol–water partition coefficient (Wildman–Crippen LogP) is 3.75. The zero-order chi connectivity index (χ0) is 14.9. The van der Waals surface area contributed by atoms with Crippen molar-refractivity contribution in [2.24, 2.45) is 0 Å². The molecule has 0 aliphatic heterocycles. The number of benzene rings is 1. The highest BCUT2D eigenvalue weighted by atomic mass is 16.5. The number of hydrogen-bond donors (Lipinski definition) is 1. The maximum absolute atomic E-state index is 11.6. The Balaban J connectivity index is 2.51. The Labute approximate surface area is 119 Å². The Hall–Kier alpha value is -2.03. The van der Waals surface area contributed by atoms with Crippen LogP contribution in [0.15, 0.2) is 29.1 Å². The second-order valence-corrected chi connectivity index (χ2v) is 5.52. The van der Waals surface area contributed by atoms with E-state index in [9.17, 15) is 4.79 Å². The smallest absolute Gasteiger partial charge is 0.182 e. The Bertz CT molecular complexity index is 661. The zero-order valence-electron chi connectivity index (χ0n) is 12.7. The molecule has 0 saturated carbocycles. The summed E-state index contributed by atoms with van der Waals surface area (Å²) in [6, 6.07) is 7.33. The van der Waals surface area contributed by atoms with Crippen LogP contribution in [0.25, 0.3) is 11.3 Å². The molecule has 1 aromatic carbocycles. The first-order chi connectivity index (χ1) is 9.36. The number of hydrogen-bond acceptors (Lipinski definition) is 2. The van der Waals surface area contributed by atoms with E-state index in [2.05, 4.69) is 17.1 Å². The molecule has 0 unspecified atom stereocenters. The van der Waals surface area contributed by atoms with E-state index < -0.39 is 0 Å². The van der Waals surface area contributed by atoms with E-state index in [1.807, 2.05) is 34.6 Å². The van der Waals surface area contributed by atoms with E-state index in [1.165, 1.54) is 0 Å². The minimum atomic E-state index is 0.0223. The molecule has 1 heterocycles. The molecule has 0 amide bonds. The van der Waals surface area contributed by atoms with E-state index in [0.717, 1.165) is 33.8 Å². The third-order valence-electron chi connectivity index (χ3n) is 3.10. The van der Waals surface area contributed by atoms with Gasteiger partial charge in [-0.15, -0.1) is 0 Å². The van der Waals surface area contributed by atoms with Gasteiger partial charge in [0.25, 0.3) is 0 Å². The highest BCUT2D eigenvalue weighted by Gasteiger charge is 2.10. The van der Waals surface area contributed by atoms with Crippen molar-refractivity contribution in [3.8, 4) is 17.0 Å². The maximum Gasteiger partial charge on any atom is 0.182 e. The summed E-state index contributed by atoms with van der Waals surface area (Å²) in [5.41, 5.74) is 4.90. The molecular weight excluding hydrogens is 250 g/mol. The fourth-order valence-electron chi connectivity index (χ4n) is 2.36. The fraction of sp³-hybridized carbons (Fsp3) is 0.353. The molecule has 0 saturated heterocycles. The van der Waals surface area contributed by atoms with Crippen LogP contribution in [-0.2, 0) is 0 Å². The summed E-state index contributed by atoms with van der Waals surface area (Å²) in [4.78, 5) is 14.9. The van der Waals surface area contributed by atoms with Crippen LogP contribution < -0.4 is 10.2 Å². The van der Waals surface area contributed by atoms with Gasteiger partial charge in [0.15, 0.2) is 5.43 Å². The number of aromatic amines is 1. The van der Waals surface area contributed by atoms with Crippen LogP contribution in [-0.4, -0.2) is 11.1 Å². The molecule has 1 aromatic heterocycles. The topological polar surface area (TPSA) is 42.1 Å². The van der Waals surface area contributed by atoms with Crippen molar-refractivity contribution < 1.29 is 4.74 Å². The van der Waals surface area contributed by atoms with E-state index in [-0.39, 0.29) is 11.5 Å². The van der Waals surface area contributed by atoms with Crippen molar-refractivity contribution in [3.05, 3.63) is 51.3 Å². The van der Waals surface area contributed by atoms with Crippen LogP contribution in [0, 0.1) is 20.8 Å². The fourth-order valence-corrected chi connectivity index (χ4v) is 2.36. The molecular formula is C17H21NO2. The number of aromatic nitrogens is 1. The molecule has 0 aliphatic carbocycles. The van der Waals surface area contributed by atoms with Crippen molar-refractivity contribution in [1.82, 2.24) is 4.98 Å². The monoisotopic (exact) mass is 271 g/mol. The van der Waals surface area contributed by atoms with Crippen molar-refractivity contribution >= 4 is 0 Å². The van der Waals surface area contributed by atoms with Crippen molar-refractivity contribution in [2.75, 3.05) is 0 Å². The zero-order valence-corrected chi connectivity index (χ0v) is 12.7. The largest absolute Gasteiger partial charge is 0.490 e. The van der Waals surface area contributed by atoms with Gasteiger partial charge < -0.3 is 9.72 Å². The summed E-state index contributed by atoms with van der Waals surface area (Å²) in [7, 11) is 0. The third kappa shape index (κ3) is 3.10. The lowest BCUT2D eigenvalue weighted by Crippen LogP contribution is -2.08. The molecule has 106 valence electrons. The lowest BCUT2D eigenvalue weighted by atomic mass is 10.0. The van der Waals surface area contributed by atoms with Crippen LogP contribution in [0.1, 0.15) is 30.7 Å². The van der Waals surface area contributed by atoms with Crippen LogP contribution in [0.2, 0.25) is 0 Å². The summed E-state index contributed by atoms with van der Waals surface area (Å²) in [5.74, 6) is 0.929. The second-order valence-electron chi connectivity index (χ2n) is 5.52. The Morgan fingerprint density at radius 2 is 1.60 bits per heavy atom. The lowest BCUT2D eigenvalue weighted by molar-refractivity contribution is 0.239. The van der Waals surface area contributed by atoms with E-state index in [0.29, 0.717) is 0 Å². The van der Waals surface area contributed by atoms with Gasteiger partial charge in [0, 0.05) is 23.5 Å². The Kier molecular flexibility index (Phi) is 3.98. The first-order valence-corrected chi connectivity index (χ1v) is 6.86. The van der Waals surface area contributed by atoms with Crippen LogP contribution in [0.3, 0.4) is 0 Å². The van der Waals surface area contributed by atoms with Crippen molar-refractivity contribution in [3.63, 3.8) is 0 Å². The SMILES string of the molecule is Cc1cc(=O)cc(-c2cc(C)c(OC(C)C)c(C)c2)[nH]1. The van der Waals surface area contributed by atoms with Gasteiger partial charge in [-0.05, 0) is 63.4 Å². The van der Waals surface area contributed by atoms with Gasteiger partial charge in [0.05, 0.1) is 6.10 Å². The van der Waals surface area contributed by atoms with E-state index in [1.54, 1.807) is 12.1 Å². The summed E-state index contributed by atoms with van der Waals surface area (Å²) < 4.78 is 5.84.